The third-order valence-corrected chi connectivity index (χ3v) is 14.5. The van der Waals surface area contributed by atoms with Crippen LogP contribution in [0.2, 0.25) is 0 Å². The molecule has 0 saturated carbocycles. The van der Waals surface area contributed by atoms with Crippen molar-refractivity contribution in [2.24, 2.45) is 0 Å². The first kappa shape index (κ1) is 41.5. The Balaban J connectivity index is 0.00000470. The van der Waals surface area contributed by atoms with Gasteiger partial charge >= 0.3 is 21.1 Å². The van der Waals surface area contributed by atoms with E-state index in [0.717, 1.165) is 154 Å². The molecule has 5 nitrogen and oxygen atoms in total. The minimum absolute atomic E-state index is 0. The molecule has 3 aromatic heterocycles. The molecule has 0 atom stereocenters. The van der Waals surface area contributed by atoms with E-state index in [0.29, 0.717) is 11.5 Å². The summed E-state index contributed by atoms with van der Waals surface area (Å²) in [6, 6.07) is 72.3. The fraction of sp³-hybridized carbons (Fsp3) is 0.0308. The van der Waals surface area contributed by atoms with Crippen LogP contribution < -0.4 is 9.97 Å². The Morgan fingerprint density at radius 2 is 0.761 bits per heavy atom. The Kier molecular flexibility index (Phi) is 9.21. The number of hydrogen-bond acceptors (Lipinski definition) is 3. The first-order chi connectivity index (χ1) is 34.5. The monoisotopic (exact) mass is 1080 g/mol. The number of nitrogens with zero attached hydrogens (tertiary/aromatic N) is 5. The van der Waals surface area contributed by atoms with E-state index in [-0.39, 0.29) is 21.1 Å². The van der Waals surface area contributed by atoms with E-state index in [4.69, 9.17) is 24.9 Å². The molecular formula is C65H39N5Pt. The summed E-state index contributed by atoms with van der Waals surface area (Å²) in [6.45, 7) is 4.30. The standard InChI is InChI=1S/C65H39N5.Pt/c1-36-13-11-23-46(25-36)58-60-50-29-40-17-5-3-15-38(40)27-48(50)56(66-60)35-57-49-28-39-16-4-6-18-41(39)30-51(49)61(67-57)59(47-24-12-14-37(2)26-47)63-53-32-43-20-8-10-22-45(43)34-55(53)65(69-63)70-64-54-33-44-21-9-7-19-42(44)31-52(54)62(58)68-64;/h3-35H,1-2H3;/q-2;+2. The van der Waals surface area contributed by atoms with Crippen molar-refractivity contribution < 1.29 is 21.1 Å². The van der Waals surface area contributed by atoms with Crippen molar-refractivity contribution in [3.63, 3.8) is 0 Å². The molecule has 13 aromatic rings. The summed E-state index contributed by atoms with van der Waals surface area (Å²) in [4.78, 5) is 28.6. The Labute approximate surface area is 422 Å². The SMILES string of the molecule is Cc1cccc(-c2c3nc(nc4[n-]c(c(-c5cccc(C)c5)c5nc(cc6[n-]c2c2cc7ccccc7cc62)-c2cc6ccccc6cc2-5)c2cc5ccccc5cc42)-c2cc4ccccc4cc2-3)c1.[Pt+2]. The summed E-state index contributed by atoms with van der Waals surface area (Å²) in [5.74, 6) is 0.614. The van der Waals surface area contributed by atoms with Crippen LogP contribution in [0, 0.1) is 13.8 Å². The average molecular weight is 1090 g/mol. The van der Waals surface area contributed by atoms with Crippen molar-refractivity contribution in [3.8, 4) is 67.4 Å². The molecular weight excluding hydrogens is 1050 g/mol. The van der Waals surface area contributed by atoms with Gasteiger partial charge in [-0.15, -0.1) is 11.0 Å². The van der Waals surface area contributed by atoms with Crippen LogP contribution in [0.25, 0.3) is 154 Å². The van der Waals surface area contributed by atoms with Crippen molar-refractivity contribution >= 4 is 86.8 Å². The van der Waals surface area contributed by atoms with Crippen LogP contribution in [0.5, 0.6) is 0 Å². The van der Waals surface area contributed by atoms with Gasteiger partial charge in [0.05, 0.1) is 22.9 Å². The van der Waals surface area contributed by atoms with Gasteiger partial charge in [0.25, 0.3) is 0 Å². The van der Waals surface area contributed by atoms with Crippen molar-refractivity contribution in [1.29, 1.82) is 0 Å². The number of hydrogen-bond donors (Lipinski definition) is 0. The van der Waals surface area contributed by atoms with Gasteiger partial charge in [-0.1, -0.05) is 157 Å². The molecule has 0 spiro atoms. The van der Waals surface area contributed by atoms with Gasteiger partial charge in [-0.05, 0) is 161 Å². The molecule has 0 saturated heterocycles. The summed E-state index contributed by atoms with van der Waals surface area (Å²) < 4.78 is 0. The van der Waals surface area contributed by atoms with E-state index in [1.165, 1.54) is 0 Å². The van der Waals surface area contributed by atoms with Gasteiger partial charge in [-0.3, -0.25) is 4.98 Å². The minimum Gasteiger partial charge on any atom is -0.656 e. The topological polar surface area (TPSA) is 66.9 Å². The predicted molar refractivity (Wildman–Crippen MR) is 291 cm³/mol. The number of aromatic nitrogens is 5. The molecule has 0 aliphatic carbocycles. The third kappa shape index (κ3) is 6.47. The third-order valence-electron chi connectivity index (χ3n) is 14.5. The van der Waals surface area contributed by atoms with E-state index >= 15 is 0 Å². The van der Waals surface area contributed by atoms with Gasteiger partial charge in [-0.25, -0.2) is 4.98 Å². The molecule has 334 valence electrons. The molecule has 2 aliphatic rings. The second-order valence-electron chi connectivity index (χ2n) is 19.0. The van der Waals surface area contributed by atoms with Gasteiger partial charge < -0.3 is 15.0 Å². The van der Waals surface area contributed by atoms with Crippen molar-refractivity contribution in [1.82, 2.24) is 24.9 Å². The molecule has 0 unspecified atom stereocenters. The van der Waals surface area contributed by atoms with Crippen LogP contribution >= 0.6 is 0 Å². The van der Waals surface area contributed by atoms with Crippen molar-refractivity contribution in [2.45, 2.75) is 13.8 Å². The van der Waals surface area contributed by atoms with Crippen molar-refractivity contribution in [3.05, 3.63) is 211 Å². The molecule has 0 radical (unpaired) electrons. The Morgan fingerprint density at radius 3 is 1.30 bits per heavy atom. The molecule has 2 aliphatic heterocycles. The maximum Gasteiger partial charge on any atom is 2.00 e. The smallest absolute Gasteiger partial charge is 0.656 e. The Bertz CT molecular complexity index is 4340. The van der Waals surface area contributed by atoms with E-state index in [1.54, 1.807) is 0 Å². The van der Waals surface area contributed by atoms with Gasteiger partial charge in [0.1, 0.15) is 0 Å². The predicted octanol–water partition coefficient (Wildman–Crippen LogP) is 16.5. The van der Waals surface area contributed by atoms with Gasteiger partial charge in [0.15, 0.2) is 0 Å². The number of aryl methyl sites for hydroxylation is 2. The van der Waals surface area contributed by atoms with Gasteiger partial charge in [-0.2, -0.15) is 0 Å². The molecule has 0 amide bonds. The molecule has 71 heavy (non-hydrogen) atoms. The van der Waals surface area contributed by atoms with Crippen LogP contribution in [-0.2, 0) is 21.1 Å². The fourth-order valence-corrected chi connectivity index (χ4v) is 11.2. The van der Waals surface area contributed by atoms with Crippen LogP contribution in [-0.4, -0.2) is 15.0 Å². The summed E-state index contributed by atoms with van der Waals surface area (Å²) in [5.41, 5.74) is 16.0. The minimum atomic E-state index is 0. The molecule has 15 rings (SSSR count). The zero-order valence-corrected chi connectivity index (χ0v) is 40.9. The summed E-state index contributed by atoms with van der Waals surface area (Å²) in [6.07, 6.45) is 0. The first-order valence-corrected chi connectivity index (χ1v) is 23.9. The molecule has 5 heterocycles. The zero-order chi connectivity index (χ0) is 46.2. The van der Waals surface area contributed by atoms with Crippen LogP contribution in [0.1, 0.15) is 11.1 Å². The molecule has 0 fully saturated rings. The zero-order valence-electron chi connectivity index (χ0n) is 38.6. The largest absolute Gasteiger partial charge is 2.00 e. The van der Waals surface area contributed by atoms with E-state index in [1.807, 2.05) is 0 Å². The van der Waals surface area contributed by atoms with E-state index in [2.05, 4.69) is 214 Å². The second kappa shape index (κ2) is 15.8. The molecule has 8 bridgehead atoms. The van der Waals surface area contributed by atoms with Gasteiger partial charge in [0.2, 0.25) is 0 Å². The quantitative estimate of drug-likeness (QED) is 0.173. The fourth-order valence-electron chi connectivity index (χ4n) is 11.2. The Hall–Kier alpha value is -8.50. The molecule has 6 heteroatoms. The summed E-state index contributed by atoms with van der Waals surface area (Å²) in [7, 11) is 0. The number of fused-ring (bicyclic) bond motifs is 24. The van der Waals surface area contributed by atoms with Gasteiger partial charge in [0, 0.05) is 27.8 Å². The van der Waals surface area contributed by atoms with E-state index in [9.17, 15) is 0 Å². The van der Waals surface area contributed by atoms with Crippen LogP contribution in [0.3, 0.4) is 0 Å². The van der Waals surface area contributed by atoms with E-state index < -0.39 is 0 Å². The molecule has 10 aromatic carbocycles. The van der Waals surface area contributed by atoms with Crippen LogP contribution in [0.4, 0.5) is 0 Å². The maximum absolute atomic E-state index is 5.79. The normalized spacial score (nSPS) is 12.0. The summed E-state index contributed by atoms with van der Waals surface area (Å²) >= 11 is 0. The van der Waals surface area contributed by atoms with Crippen LogP contribution in [0.15, 0.2) is 200 Å². The number of rotatable bonds is 2. The number of benzene rings is 10. The maximum atomic E-state index is 5.79. The van der Waals surface area contributed by atoms with Crippen molar-refractivity contribution in [2.75, 3.05) is 0 Å². The average Bonchev–Trinajstić information content (AvgIpc) is 4.12. The second-order valence-corrected chi connectivity index (χ2v) is 19.0. The Morgan fingerprint density at radius 1 is 0.338 bits per heavy atom. The molecule has 0 N–H and O–H groups in total. The summed E-state index contributed by atoms with van der Waals surface area (Å²) in [5, 5.41) is 13.2. The first-order valence-electron chi connectivity index (χ1n) is 23.9.